The third kappa shape index (κ3) is 2.78. The third-order valence-corrected chi connectivity index (χ3v) is 3.42. The largest absolute Gasteiger partial charge is 0.378 e. The maximum atomic E-state index is 9.84. The molecule has 1 aliphatic rings. The van der Waals surface area contributed by atoms with Crippen LogP contribution in [0.1, 0.15) is 11.6 Å². The molecule has 1 heterocycles. The van der Waals surface area contributed by atoms with E-state index in [1.165, 1.54) is 0 Å². The van der Waals surface area contributed by atoms with Crippen LogP contribution in [0.5, 0.6) is 0 Å². The molecule has 1 aromatic carbocycles. The topological polar surface area (TPSA) is 71.3 Å². The fourth-order valence-corrected chi connectivity index (χ4v) is 2.34. The molecule has 1 aliphatic heterocycles. The minimum atomic E-state index is -0.947. The van der Waals surface area contributed by atoms with Crippen LogP contribution in [0, 0.1) is 17.2 Å². The first-order chi connectivity index (χ1) is 9.02. The number of anilines is 1. The molecule has 5 nitrogen and oxygen atoms in total. The van der Waals surface area contributed by atoms with Crippen LogP contribution in [0.3, 0.4) is 0 Å². The summed E-state index contributed by atoms with van der Waals surface area (Å²) in [5, 5.41) is 25.1. The van der Waals surface area contributed by atoms with Gasteiger partial charge < -0.3 is 20.6 Å². The zero-order valence-corrected chi connectivity index (χ0v) is 11.6. The monoisotopic (exact) mass is 276 g/mol. The number of aliphatic hydroxyl groups is 1. The van der Waals surface area contributed by atoms with Crippen LogP contribution in [0.25, 0.3) is 0 Å². The predicted octanol–water partition coefficient (Wildman–Crippen LogP) is 0.730. The molecule has 1 aromatic rings. The van der Waals surface area contributed by atoms with E-state index in [9.17, 15) is 10.4 Å². The van der Waals surface area contributed by atoms with Gasteiger partial charge in [-0.2, -0.15) is 5.26 Å². The van der Waals surface area contributed by atoms with Crippen molar-refractivity contribution >= 4 is 23.0 Å². The Morgan fingerprint density at radius 1 is 1.26 bits per heavy atom. The maximum absolute atomic E-state index is 9.84. The Bertz CT molecular complexity index is 508. The lowest BCUT2D eigenvalue weighted by molar-refractivity contribution is 0.0896. The number of hydrogen-bond acceptors (Lipinski definition) is 4. The highest BCUT2D eigenvalue weighted by molar-refractivity contribution is 7.80. The van der Waals surface area contributed by atoms with Crippen molar-refractivity contribution in [1.82, 2.24) is 10.6 Å². The molecule has 0 unspecified atom stereocenters. The van der Waals surface area contributed by atoms with Crippen LogP contribution in [0.15, 0.2) is 24.3 Å². The van der Waals surface area contributed by atoms with Gasteiger partial charge in [0.15, 0.2) is 5.11 Å². The smallest absolute Gasteiger partial charge is 0.168 e. The molecular weight excluding hydrogens is 260 g/mol. The van der Waals surface area contributed by atoms with E-state index in [4.69, 9.17) is 12.2 Å². The van der Waals surface area contributed by atoms with Gasteiger partial charge in [0.2, 0.25) is 0 Å². The minimum Gasteiger partial charge on any atom is -0.378 e. The molecule has 6 heteroatoms. The highest BCUT2D eigenvalue weighted by Crippen LogP contribution is 2.27. The molecule has 0 bridgehead atoms. The van der Waals surface area contributed by atoms with Gasteiger partial charge in [-0.15, -0.1) is 0 Å². The fourth-order valence-electron chi connectivity index (χ4n) is 2.09. The van der Waals surface area contributed by atoms with Gasteiger partial charge in [0.05, 0.1) is 12.1 Å². The molecule has 0 amide bonds. The van der Waals surface area contributed by atoms with E-state index in [1.54, 1.807) is 0 Å². The predicted molar refractivity (Wildman–Crippen MR) is 77.5 cm³/mol. The number of nitrogens with one attached hydrogen (secondary N) is 2. The van der Waals surface area contributed by atoms with Crippen LogP contribution in [0.4, 0.5) is 5.69 Å². The number of thiocarbonyl (C=S) groups is 1. The minimum absolute atomic E-state index is 0.301. The van der Waals surface area contributed by atoms with Gasteiger partial charge >= 0.3 is 0 Å². The molecule has 100 valence electrons. The van der Waals surface area contributed by atoms with E-state index in [0.29, 0.717) is 5.11 Å². The molecule has 19 heavy (non-hydrogen) atoms. The van der Waals surface area contributed by atoms with Crippen LogP contribution in [-0.2, 0) is 0 Å². The number of nitrogens with zero attached hydrogens (tertiary/aromatic N) is 2. The molecule has 3 atom stereocenters. The van der Waals surface area contributed by atoms with Gasteiger partial charge in [0.25, 0.3) is 0 Å². The summed E-state index contributed by atoms with van der Waals surface area (Å²) in [4.78, 5) is 2.00. The van der Waals surface area contributed by atoms with Gasteiger partial charge in [-0.05, 0) is 29.9 Å². The van der Waals surface area contributed by atoms with Crippen molar-refractivity contribution in [1.29, 1.82) is 5.26 Å². The van der Waals surface area contributed by atoms with Crippen LogP contribution >= 0.6 is 12.2 Å². The molecule has 0 radical (unpaired) electrons. The average molecular weight is 276 g/mol. The third-order valence-electron chi connectivity index (χ3n) is 3.18. The number of rotatable bonds is 2. The van der Waals surface area contributed by atoms with E-state index >= 15 is 0 Å². The van der Waals surface area contributed by atoms with Crippen molar-refractivity contribution in [2.45, 2.75) is 12.3 Å². The second kappa shape index (κ2) is 5.43. The molecule has 0 aromatic heterocycles. The highest BCUT2D eigenvalue weighted by atomic mass is 32.1. The lowest BCUT2D eigenvalue weighted by Gasteiger charge is -2.34. The first-order valence-electron chi connectivity index (χ1n) is 5.95. The van der Waals surface area contributed by atoms with Crippen LogP contribution in [0.2, 0.25) is 0 Å². The number of nitriles is 1. The van der Waals surface area contributed by atoms with E-state index in [2.05, 4.69) is 16.7 Å². The molecule has 0 spiro atoms. The van der Waals surface area contributed by atoms with E-state index in [0.717, 1.165) is 11.3 Å². The van der Waals surface area contributed by atoms with Crippen molar-refractivity contribution in [2.75, 3.05) is 19.0 Å². The van der Waals surface area contributed by atoms with Crippen molar-refractivity contribution in [3.05, 3.63) is 29.8 Å². The van der Waals surface area contributed by atoms with Gasteiger partial charge in [-0.3, -0.25) is 0 Å². The van der Waals surface area contributed by atoms with Crippen molar-refractivity contribution in [3.8, 4) is 6.07 Å². The summed E-state index contributed by atoms with van der Waals surface area (Å²) >= 11 is 5.03. The Labute approximate surface area is 117 Å². The molecule has 3 N–H and O–H groups in total. The average Bonchev–Trinajstić information content (AvgIpc) is 2.38. The molecule has 0 aliphatic carbocycles. The maximum Gasteiger partial charge on any atom is 0.168 e. The first kappa shape index (κ1) is 13.6. The van der Waals surface area contributed by atoms with E-state index < -0.39 is 12.1 Å². The fraction of sp³-hybridized carbons (Fsp3) is 0.385. The van der Waals surface area contributed by atoms with Crippen LogP contribution < -0.4 is 15.5 Å². The molecule has 1 saturated heterocycles. The summed E-state index contributed by atoms with van der Waals surface area (Å²) < 4.78 is 0. The van der Waals surface area contributed by atoms with Crippen LogP contribution in [-0.4, -0.2) is 30.5 Å². The summed E-state index contributed by atoms with van der Waals surface area (Å²) in [6.45, 7) is 0. The Morgan fingerprint density at radius 3 is 2.42 bits per heavy atom. The molecule has 2 rings (SSSR count). The summed E-state index contributed by atoms with van der Waals surface area (Å²) in [6.07, 6.45) is -0.947. The summed E-state index contributed by atoms with van der Waals surface area (Å²) in [7, 11) is 3.93. The lowest BCUT2D eigenvalue weighted by Crippen LogP contribution is -2.55. The second-order valence-corrected chi connectivity index (χ2v) is 5.09. The molecule has 0 saturated carbocycles. The Hall–Kier alpha value is -1.84. The van der Waals surface area contributed by atoms with Gasteiger partial charge in [0.1, 0.15) is 12.1 Å². The van der Waals surface area contributed by atoms with E-state index in [1.807, 2.05) is 43.3 Å². The first-order valence-corrected chi connectivity index (χ1v) is 6.35. The van der Waals surface area contributed by atoms with E-state index in [-0.39, 0.29) is 6.04 Å². The lowest BCUT2D eigenvalue weighted by atomic mass is 9.91. The quantitative estimate of drug-likeness (QED) is 0.692. The zero-order valence-electron chi connectivity index (χ0n) is 10.8. The van der Waals surface area contributed by atoms with Gasteiger partial charge in [-0.25, -0.2) is 0 Å². The SMILES string of the molecule is CN(C)c1ccc([C@@H]2NC(=S)N[C@@H](O)[C@H]2C#N)cc1. The van der Waals surface area contributed by atoms with Crippen molar-refractivity contribution in [2.24, 2.45) is 5.92 Å². The summed E-state index contributed by atoms with van der Waals surface area (Å²) in [6, 6.07) is 9.65. The molecule has 1 fully saturated rings. The van der Waals surface area contributed by atoms with Crippen molar-refractivity contribution in [3.63, 3.8) is 0 Å². The van der Waals surface area contributed by atoms with Gasteiger partial charge in [0, 0.05) is 19.8 Å². The molecular formula is C13H16N4OS. The summed E-state index contributed by atoms with van der Waals surface area (Å²) in [5.74, 6) is -0.586. The normalized spacial score (nSPS) is 26.0. The number of aliphatic hydroxyl groups excluding tert-OH is 1. The van der Waals surface area contributed by atoms with Gasteiger partial charge in [-0.1, -0.05) is 12.1 Å². The summed E-state index contributed by atoms with van der Waals surface area (Å²) in [5.41, 5.74) is 2.01. The zero-order chi connectivity index (χ0) is 14.0. The Kier molecular flexibility index (Phi) is 3.88. The highest BCUT2D eigenvalue weighted by Gasteiger charge is 2.34. The van der Waals surface area contributed by atoms with Crippen molar-refractivity contribution < 1.29 is 5.11 Å². The Morgan fingerprint density at radius 2 is 1.89 bits per heavy atom. The number of hydrogen-bond donors (Lipinski definition) is 3. The Balaban J connectivity index is 2.28. The number of benzene rings is 1. The standard InChI is InChI=1S/C13H16N4OS/c1-17(2)9-5-3-8(4-6-9)11-10(7-14)12(18)16-13(19)15-11/h3-6,10-12,18H,1-2H3,(H2,15,16,19)/t10-,11-,12-/m0/s1. The second-order valence-electron chi connectivity index (χ2n) is 4.68.